The van der Waals surface area contributed by atoms with Gasteiger partial charge in [-0.2, -0.15) is 0 Å². The van der Waals surface area contributed by atoms with Gasteiger partial charge in [-0.05, 0) is 74.1 Å². The molecule has 1 heterocycles. The van der Waals surface area contributed by atoms with Crippen LogP contribution in [0.5, 0.6) is 23.0 Å². The maximum absolute atomic E-state index is 13.2. The number of benzene rings is 2. The molecule has 7 nitrogen and oxygen atoms in total. The van der Waals surface area contributed by atoms with E-state index in [9.17, 15) is 14.7 Å². The zero-order chi connectivity index (χ0) is 26.4. The van der Waals surface area contributed by atoms with Crippen LogP contribution >= 0.6 is 11.6 Å². The molecule has 1 aliphatic heterocycles. The molecule has 37 heavy (non-hydrogen) atoms. The number of carbonyl (C=O) groups is 2. The van der Waals surface area contributed by atoms with Crippen LogP contribution in [0.3, 0.4) is 0 Å². The summed E-state index contributed by atoms with van der Waals surface area (Å²) in [7, 11) is 1.43. The average molecular weight is 529 g/mol. The molecule has 1 N–H and O–H groups in total. The molecule has 2 aromatic carbocycles. The summed E-state index contributed by atoms with van der Waals surface area (Å²) < 4.78 is 23.4. The number of cyclic esters (lactones) is 1. The molecule has 0 saturated heterocycles. The van der Waals surface area contributed by atoms with E-state index in [1.165, 1.54) is 13.5 Å². The normalized spacial score (nSPS) is 22.9. The summed E-state index contributed by atoms with van der Waals surface area (Å²) in [6.45, 7) is 5.64. The minimum Gasteiger partial charge on any atom is -0.495 e. The van der Waals surface area contributed by atoms with Crippen molar-refractivity contribution < 1.29 is 33.6 Å². The molecule has 3 unspecified atom stereocenters. The summed E-state index contributed by atoms with van der Waals surface area (Å²) >= 11 is 6.60. The number of hydrogen-bond donors (Lipinski definition) is 1. The molecule has 4 atom stereocenters. The fourth-order valence-electron chi connectivity index (χ4n) is 6.08. The van der Waals surface area contributed by atoms with Gasteiger partial charge in [0.1, 0.15) is 23.7 Å². The number of esters is 2. The van der Waals surface area contributed by atoms with E-state index in [4.69, 9.17) is 30.5 Å². The van der Waals surface area contributed by atoms with Gasteiger partial charge >= 0.3 is 11.9 Å². The Kier molecular flexibility index (Phi) is 7.12. The Labute approximate surface area is 222 Å². The quantitative estimate of drug-likeness (QED) is 0.336. The zero-order valence-corrected chi connectivity index (χ0v) is 22.4. The topological polar surface area (TPSA) is 91.3 Å². The Hall–Kier alpha value is -2.77. The SMILES string of the molecule is COc1c([C@@H](O)CC(C)C)ccc2c1C(=O)OCc1c(Cl)c(C)cc(OC(=O)C3CC4CCC3C4)c1O2. The first-order valence-corrected chi connectivity index (χ1v) is 13.3. The molecule has 3 aliphatic rings. The van der Waals surface area contributed by atoms with Crippen LogP contribution in [-0.4, -0.2) is 24.2 Å². The minimum absolute atomic E-state index is 0.0653. The lowest BCUT2D eigenvalue weighted by Gasteiger charge is -2.25. The second-order valence-electron chi connectivity index (χ2n) is 10.9. The smallest absolute Gasteiger partial charge is 0.346 e. The number of aryl methyl sites for hydroxylation is 1. The van der Waals surface area contributed by atoms with Crippen molar-refractivity contribution in [3.8, 4) is 23.0 Å². The molecule has 0 aromatic heterocycles. The van der Waals surface area contributed by atoms with Crippen LogP contribution in [0.4, 0.5) is 0 Å². The van der Waals surface area contributed by atoms with Crippen molar-refractivity contribution in [1.82, 2.24) is 0 Å². The fraction of sp³-hybridized carbons (Fsp3) is 0.517. The van der Waals surface area contributed by atoms with Crippen molar-refractivity contribution >= 4 is 23.5 Å². The van der Waals surface area contributed by atoms with E-state index in [1.54, 1.807) is 25.1 Å². The first-order valence-electron chi connectivity index (χ1n) is 13.0. The first kappa shape index (κ1) is 25.9. The predicted octanol–water partition coefficient (Wildman–Crippen LogP) is 6.54. The lowest BCUT2D eigenvalue weighted by molar-refractivity contribution is -0.140. The molecule has 2 saturated carbocycles. The van der Waals surface area contributed by atoms with Crippen molar-refractivity contribution in [2.45, 2.75) is 65.6 Å². The Morgan fingerprint density at radius 1 is 1.24 bits per heavy atom. The van der Waals surface area contributed by atoms with Gasteiger partial charge in [0.15, 0.2) is 11.5 Å². The summed E-state index contributed by atoms with van der Waals surface area (Å²) in [4.78, 5) is 26.4. The summed E-state index contributed by atoms with van der Waals surface area (Å²) in [6, 6.07) is 4.96. The number of carbonyl (C=O) groups excluding carboxylic acids is 2. The predicted molar refractivity (Wildman–Crippen MR) is 137 cm³/mol. The molecule has 0 spiro atoms. The summed E-state index contributed by atoms with van der Waals surface area (Å²) in [5.41, 5.74) is 1.65. The Bertz CT molecular complexity index is 1240. The molecular weight excluding hydrogens is 496 g/mol. The van der Waals surface area contributed by atoms with Gasteiger partial charge < -0.3 is 24.1 Å². The van der Waals surface area contributed by atoms with Crippen LogP contribution in [-0.2, 0) is 16.1 Å². The Morgan fingerprint density at radius 2 is 2.03 bits per heavy atom. The molecule has 2 aliphatic carbocycles. The van der Waals surface area contributed by atoms with Gasteiger partial charge in [0.05, 0.1) is 29.7 Å². The van der Waals surface area contributed by atoms with Gasteiger partial charge in [0.2, 0.25) is 0 Å². The third-order valence-electron chi connectivity index (χ3n) is 7.88. The second kappa shape index (κ2) is 10.2. The van der Waals surface area contributed by atoms with Gasteiger partial charge in [-0.3, -0.25) is 4.79 Å². The molecule has 2 fully saturated rings. The Balaban J connectivity index is 1.55. The number of rotatable bonds is 6. The van der Waals surface area contributed by atoms with Crippen LogP contribution in [0.2, 0.25) is 5.02 Å². The van der Waals surface area contributed by atoms with Crippen molar-refractivity contribution in [2.24, 2.45) is 23.7 Å². The largest absolute Gasteiger partial charge is 0.495 e. The Morgan fingerprint density at radius 3 is 2.68 bits per heavy atom. The molecular formula is C29H33ClO7. The first-order chi connectivity index (χ1) is 17.7. The van der Waals surface area contributed by atoms with E-state index in [0.29, 0.717) is 40.0 Å². The zero-order valence-electron chi connectivity index (χ0n) is 21.6. The van der Waals surface area contributed by atoms with Gasteiger partial charge in [0.25, 0.3) is 0 Å². The summed E-state index contributed by atoms with van der Waals surface area (Å²) in [5, 5.41) is 11.2. The van der Waals surface area contributed by atoms with E-state index >= 15 is 0 Å². The third kappa shape index (κ3) is 4.79. The van der Waals surface area contributed by atoms with Gasteiger partial charge in [0, 0.05) is 5.56 Å². The molecule has 2 aromatic rings. The summed E-state index contributed by atoms with van der Waals surface area (Å²) in [5.74, 6) is 1.01. The summed E-state index contributed by atoms with van der Waals surface area (Å²) in [6.07, 6.45) is 3.85. The second-order valence-corrected chi connectivity index (χ2v) is 11.3. The van der Waals surface area contributed by atoms with E-state index in [0.717, 1.165) is 19.3 Å². The number of fused-ring (bicyclic) bond motifs is 4. The van der Waals surface area contributed by atoms with Crippen molar-refractivity contribution in [2.75, 3.05) is 7.11 Å². The maximum Gasteiger partial charge on any atom is 0.346 e. The molecule has 0 radical (unpaired) electrons. The molecule has 0 amide bonds. The highest BCUT2D eigenvalue weighted by Gasteiger charge is 2.44. The molecule has 5 rings (SSSR count). The fourth-order valence-corrected chi connectivity index (χ4v) is 6.28. The highest BCUT2D eigenvalue weighted by molar-refractivity contribution is 6.32. The highest BCUT2D eigenvalue weighted by Crippen LogP contribution is 2.50. The monoisotopic (exact) mass is 528 g/mol. The van der Waals surface area contributed by atoms with E-state index in [2.05, 4.69) is 0 Å². The van der Waals surface area contributed by atoms with Gasteiger partial charge in [-0.15, -0.1) is 0 Å². The highest BCUT2D eigenvalue weighted by atomic mass is 35.5. The van der Waals surface area contributed by atoms with Crippen LogP contribution in [0.15, 0.2) is 18.2 Å². The van der Waals surface area contributed by atoms with Crippen molar-refractivity contribution in [1.29, 1.82) is 0 Å². The van der Waals surface area contributed by atoms with Gasteiger partial charge in [-0.25, -0.2) is 4.79 Å². The average Bonchev–Trinajstić information content (AvgIpc) is 3.48. The van der Waals surface area contributed by atoms with Gasteiger partial charge in [-0.1, -0.05) is 31.9 Å². The van der Waals surface area contributed by atoms with Crippen molar-refractivity contribution in [3.63, 3.8) is 0 Å². The molecule has 198 valence electrons. The standard InChI is InChI=1S/C29H33ClO7/c1-14(2)9-21(31)18-7-8-22-24(27(18)34-4)29(33)35-13-20-25(30)15(3)10-23(26(20)36-22)37-28(32)19-12-16-5-6-17(19)11-16/h7-8,10,14,16-17,19,21,31H,5-6,9,11-13H2,1-4H3/t16?,17?,19?,21-/m0/s1. The minimum atomic E-state index is -0.832. The number of ether oxygens (including phenoxy) is 4. The number of methoxy groups -OCH3 is 1. The maximum atomic E-state index is 13.2. The lowest BCUT2D eigenvalue weighted by atomic mass is 9.89. The number of aliphatic hydroxyl groups is 1. The van der Waals surface area contributed by atoms with Crippen LogP contribution in [0.1, 0.15) is 79.1 Å². The molecule has 2 bridgehead atoms. The number of hydrogen-bond acceptors (Lipinski definition) is 7. The van der Waals surface area contributed by atoms with Crippen LogP contribution in [0, 0.1) is 30.6 Å². The van der Waals surface area contributed by atoms with E-state index in [1.807, 2.05) is 13.8 Å². The van der Waals surface area contributed by atoms with Crippen molar-refractivity contribution in [3.05, 3.63) is 45.5 Å². The van der Waals surface area contributed by atoms with Crippen LogP contribution < -0.4 is 14.2 Å². The lowest BCUT2D eigenvalue weighted by Crippen LogP contribution is -2.26. The van der Waals surface area contributed by atoms with Crippen LogP contribution in [0.25, 0.3) is 0 Å². The van der Waals surface area contributed by atoms with E-state index in [-0.39, 0.29) is 53.0 Å². The molecule has 8 heteroatoms. The number of aliphatic hydroxyl groups excluding tert-OH is 1. The van der Waals surface area contributed by atoms with E-state index < -0.39 is 12.1 Å². The third-order valence-corrected chi connectivity index (χ3v) is 8.41. The number of halogens is 1.